The monoisotopic (exact) mass is 996 g/mol. The van der Waals surface area contributed by atoms with Gasteiger partial charge in [-0.05, 0) is 130 Å². The number of hydrogen-bond donors (Lipinski definition) is 0. The van der Waals surface area contributed by atoms with Gasteiger partial charge in [0, 0.05) is 6.07 Å². The second kappa shape index (κ2) is 30.0. The second-order valence-corrected chi connectivity index (χ2v) is 17.6. The molecule has 0 atom stereocenters. The summed E-state index contributed by atoms with van der Waals surface area (Å²) in [6.07, 6.45) is -9.47. The van der Waals surface area contributed by atoms with Gasteiger partial charge in [-0.2, -0.15) is 0 Å². The molecule has 0 unspecified atom stereocenters. The van der Waals surface area contributed by atoms with E-state index < -0.39 is 47.6 Å². The van der Waals surface area contributed by atoms with Crippen LogP contribution in [0.15, 0.2) is 133 Å². The van der Waals surface area contributed by atoms with E-state index >= 15 is 0 Å². The molecule has 6 rings (SSSR count). The summed E-state index contributed by atoms with van der Waals surface area (Å²) in [4.78, 5) is 0. The van der Waals surface area contributed by atoms with Gasteiger partial charge in [-0.15, -0.1) is 26.3 Å². The zero-order valence-corrected chi connectivity index (χ0v) is 41.5. The van der Waals surface area contributed by atoms with Gasteiger partial charge in [0.05, 0.1) is 0 Å². The molecule has 0 N–H and O–H groups in total. The lowest BCUT2D eigenvalue weighted by Gasteiger charge is -2.11. The van der Waals surface area contributed by atoms with Crippen LogP contribution in [-0.2, 0) is 0 Å². The van der Waals surface area contributed by atoms with Crippen LogP contribution in [0.5, 0.6) is 11.5 Å². The summed E-state index contributed by atoms with van der Waals surface area (Å²) < 4.78 is 153. The lowest BCUT2D eigenvalue weighted by molar-refractivity contribution is -0.276. The Bertz CT molecular complexity index is 2350. The molecule has 0 aliphatic heterocycles. The highest BCUT2D eigenvalue weighted by Crippen LogP contribution is 2.28. The molecule has 0 aliphatic rings. The van der Waals surface area contributed by atoms with E-state index in [1.165, 1.54) is 59.7 Å². The van der Waals surface area contributed by atoms with E-state index in [-0.39, 0.29) is 29.3 Å². The molecule has 14 heteroatoms. The highest BCUT2D eigenvalue weighted by molar-refractivity contribution is 5.31. The smallest absolute Gasteiger partial charge is 0.406 e. The van der Waals surface area contributed by atoms with Crippen LogP contribution in [0.25, 0.3) is 0 Å². The molecule has 0 heterocycles. The molecule has 0 aliphatic carbocycles. The van der Waals surface area contributed by atoms with Gasteiger partial charge in [0.1, 0.15) is 23.2 Å². The molecule has 2 nitrogen and oxygen atoms in total. The van der Waals surface area contributed by atoms with Gasteiger partial charge in [-0.1, -0.05) is 150 Å². The Kier molecular flexibility index (Phi) is 26.6. The molecule has 0 aromatic heterocycles. The van der Waals surface area contributed by atoms with Crippen molar-refractivity contribution in [1.29, 1.82) is 0 Å². The zero-order chi connectivity index (χ0) is 53.5. The van der Waals surface area contributed by atoms with Gasteiger partial charge in [-0.25, -0.2) is 26.3 Å². The minimum atomic E-state index is -4.86. The number of hydrogen-bond acceptors (Lipinski definition) is 2. The molecule has 384 valence electrons. The summed E-state index contributed by atoms with van der Waals surface area (Å²) in [6.45, 7) is 23.8. The van der Waals surface area contributed by atoms with Gasteiger partial charge in [0.2, 0.25) is 0 Å². The zero-order valence-electron chi connectivity index (χ0n) is 41.5. The van der Waals surface area contributed by atoms with Crippen LogP contribution >= 0.6 is 0 Å². The van der Waals surface area contributed by atoms with Gasteiger partial charge in [0.25, 0.3) is 0 Å². The summed E-state index contributed by atoms with van der Waals surface area (Å²) in [5.74, 6) is -2.80. The van der Waals surface area contributed by atoms with Gasteiger partial charge in [0.15, 0.2) is 23.2 Å². The van der Waals surface area contributed by atoms with Crippen LogP contribution in [0.4, 0.5) is 52.7 Å². The SMILES string of the molecule is CC(C)c1cc(F)cc(F)c1.CC(C)c1ccc(F)c(F)c1.CC(C)c1ccc(F)cc1.CC(C)c1ccc(OC(F)(F)F)c(F)c1.CC(C)c1ccc(OC(F)(F)F)cc1.CC(C)c1ccccc1. The standard InChI is InChI=1S/C10H10F4O.C10H11F3O.2C9H10F2.C9H11F.C9H12/c1-6(2)7-3-4-9(8(11)5-7)15-10(12,13)14;1-7(2)8-3-5-9(6-4-8)14-10(11,12)13;1-6(2)7-3-8(10)5-9(11)4-7;1-6(2)7-3-4-8(10)9(11)5-7;1-7(2)8-3-5-9(10)6-4-8;1-8(2)9-6-4-3-5-7-9/h3-6H,1-2H3;3-7H,1-2H3;2*3-6H,1-2H3;3-7H,1-2H3;3-8H,1-2H3. The van der Waals surface area contributed by atoms with E-state index in [9.17, 15) is 52.7 Å². The van der Waals surface area contributed by atoms with Crippen molar-refractivity contribution in [3.63, 3.8) is 0 Å². The molecule has 0 saturated carbocycles. The summed E-state index contributed by atoms with van der Waals surface area (Å²) >= 11 is 0. The van der Waals surface area contributed by atoms with Gasteiger partial charge >= 0.3 is 12.7 Å². The predicted molar refractivity (Wildman–Crippen MR) is 256 cm³/mol. The average Bonchev–Trinajstić information content (AvgIpc) is 3.25. The topological polar surface area (TPSA) is 18.5 Å². The fraction of sp³-hybridized carbons (Fsp3) is 0.357. The van der Waals surface area contributed by atoms with Gasteiger partial charge < -0.3 is 9.47 Å². The highest BCUT2D eigenvalue weighted by Gasteiger charge is 2.32. The maximum Gasteiger partial charge on any atom is 0.573 e. The van der Waals surface area contributed by atoms with Crippen LogP contribution < -0.4 is 9.47 Å². The normalized spacial score (nSPS) is 11.1. The second-order valence-electron chi connectivity index (χ2n) is 17.6. The van der Waals surface area contributed by atoms with Crippen molar-refractivity contribution in [3.8, 4) is 11.5 Å². The quantitative estimate of drug-likeness (QED) is 0.142. The summed E-state index contributed by atoms with van der Waals surface area (Å²) in [6, 6.07) is 34.1. The highest BCUT2D eigenvalue weighted by atomic mass is 19.4. The lowest BCUT2D eigenvalue weighted by atomic mass is 10.0. The van der Waals surface area contributed by atoms with E-state index in [2.05, 4.69) is 61.4 Å². The van der Waals surface area contributed by atoms with E-state index in [0.29, 0.717) is 28.9 Å². The predicted octanol–water partition coefficient (Wildman–Crippen LogP) is 19.5. The molecule has 0 bridgehead atoms. The van der Waals surface area contributed by atoms with Crippen molar-refractivity contribution in [2.24, 2.45) is 0 Å². The van der Waals surface area contributed by atoms with Crippen molar-refractivity contribution in [1.82, 2.24) is 0 Å². The summed E-state index contributed by atoms with van der Waals surface area (Å²) in [5, 5.41) is 0. The van der Waals surface area contributed by atoms with Crippen LogP contribution in [0.3, 0.4) is 0 Å². The third-order valence-corrected chi connectivity index (χ3v) is 9.79. The van der Waals surface area contributed by atoms with E-state index in [1.807, 2.05) is 73.6 Å². The minimum Gasteiger partial charge on any atom is -0.406 e. The third kappa shape index (κ3) is 26.2. The fourth-order valence-electron chi connectivity index (χ4n) is 5.60. The maximum absolute atomic E-state index is 13.1. The Morgan fingerprint density at radius 2 is 0.657 bits per heavy atom. The first kappa shape index (κ1) is 62.1. The summed E-state index contributed by atoms with van der Waals surface area (Å²) in [5.41, 5.74) is 5.73. The average molecular weight is 997 g/mol. The van der Waals surface area contributed by atoms with Crippen LogP contribution in [-0.4, -0.2) is 12.7 Å². The Labute approximate surface area is 405 Å². The molecule has 6 aromatic rings. The van der Waals surface area contributed by atoms with Crippen LogP contribution in [0.2, 0.25) is 0 Å². The van der Waals surface area contributed by atoms with Crippen molar-refractivity contribution in [3.05, 3.63) is 202 Å². The van der Waals surface area contributed by atoms with E-state index in [4.69, 9.17) is 0 Å². The number of benzene rings is 6. The molecule has 0 saturated heterocycles. The Morgan fingerprint density at radius 1 is 0.300 bits per heavy atom. The molecular weight excluding hydrogens is 933 g/mol. The minimum absolute atomic E-state index is 0.0550. The van der Waals surface area contributed by atoms with Crippen LogP contribution in [0.1, 0.15) is 152 Å². The molecular formula is C56H64F12O2. The molecule has 0 spiro atoms. The number of alkyl halides is 6. The maximum atomic E-state index is 13.1. The third-order valence-electron chi connectivity index (χ3n) is 9.79. The van der Waals surface area contributed by atoms with E-state index in [0.717, 1.165) is 35.4 Å². The van der Waals surface area contributed by atoms with Crippen molar-refractivity contribution >= 4 is 0 Å². The van der Waals surface area contributed by atoms with Crippen LogP contribution in [0, 0.1) is 34.9 Å². The Morgan fingerprint density at radius 3 is 1.01 bits per heavy atom. The molecule has 6 aromatic carbocycles. The van der Waals surface area contributed by atoms with Crippen molar-refractivity contribution in [2.75, 3.05) is 0 Å². The fourth-order valence-corrected chi connectivity index (χ4v) is 5.60. The summed E-state index contributed by atoms with van der Waals surface area (Å²) in [7, 11) is 0. The largest absolute Gasteiger partial charge is 0.573 e. The Balaban J connectivity index is 0.000000423. The van der Waals surface area contributed by atoms with Crippen molar-refractivity contribution < 1.29 is 62.2 Å². The first-order valence-corrected chi connectivity index (χ1v) is 22.5. The number of ether oxygens (including phenoxy) is 2. The molecule has 0 amide bonds. The number of rotatable bonds is 8. The molecule has 0 radical (unpaired) electrons. The van der Waals surface area contributed by atoms with Crippen molar-refractivity contribution in [2.45, 2.75) is 131 Å². The van der Waals surface area contributed by atoms with Gasteiger partial charge in [-0.3, -0.25) is 0 Å². The molecule has 0 fully saturated rings. The Hall–Kier alpha value is -5.92. The molecule has 70 heavy (non-hydrogen) atoms. The number of halogens is 12. The lowest BCUT2D eigenvalue weighted by Crippen LogP contribution is -2.18. The first-order chi connectivity index (χ1) is 32.4. The first-order valence-electron chi connectivity index (χ1n) is 22.5. The van der Waals surface area contributed by atoms with E-state index in [1.54, 1.807) is 18.2 Å².